The van der Waals surface area contributed by atoms with Gasteiger partial charge in [0.2, 0.25) is 0 Å². The fraction of sp³-hybridized carbons (Fsp3) is 1.00. The molecule has 1 heterocycles. The van der Waals surface area contributed by atoms with Gasteiger partial charge in [-0.05, 0) is 6.42 Å². The van der Waals surface area contributed by atoms with Crippen LogP contribution in [0, 0.1) is 0 Å². The molecule has 0 aromatic heterocycles. The highest BCUT2D eigenvalue weighted by molar-refractivity contribution is 4.91. The van der Waals surface area contributed by atoms with Crippen molar-refractivity contribution in [3.63, 3.8) is 0 Å². The quantitative estimate of drug-likeness (QED) is 0.439. The smallest absolute Gasteiger partial charge is 0.175 e. The number of aliphatic hydroxyl groups is 3. The van der Waals surface area contributed by atoms with Gasteiger partial charge in [-0.2, -0.15) is 0 Å². The number of unbranched alkanes of at least 4 members (excludes halogenated alkanes) is 6. The monoisotopic (exact) mass is 305 g/mol. The summed E-state index contributed by atoms with van der Waals surface area (Å²) in [6.45, 7) is 2.33. The van der Waals surface area contributed by atoms with Crippen molar-refractivity contribution >= 4 is 0 Å². The number of aliphatic hydroxyl groups excluding tert-OH is 3. The molecule has 1 aliphatic heterocycles. The van der Waals surface area contributed by atoms with Gasteiger partial charge < -0.3 is 30.5 Å². The zero-order valence-corrected chi connectivity index (χ0v) is 13.0. The molecule has 126 valence electrons. The van der Waals surface area contributed by atoms with Crippen molar-refractivity contribution in [2.45, 2.75) is 82.5 Å². The van der Waals surface area contributed by atoms with Crippen molar-refractivity contribution in [2.75, 3.05) is 13.2 Å². The van der Waals surface area contributed by atoms with E-state index < -0.39 is 30.6 Å². The highest BCUT2D eigenvalue weighted by Gasteiger charge is 2.42. The third kappa shape index (κ3) is 6.18. The largest absolute Gasteiger partial charge is 0.394 e. The molecule has 0 saturated carbocycles. The Morgan fingerprint density at radius 3 is 2.24 bits per heavy atom. The van der Waals surface area contributed by atoms with Crippen LogP contribution < -0.4 is 5.73 Å². The zero-order chi connectivity index (χ0) is 15.7. The highest BCUT2D eigenvalue weighted by Crippen LogP contribution is 2.21. The molecule has 5 N–H and O–H groups in total. The Kier molecular flexibility index (Phi) is 9.39. The lowest BCUT2D eigenvalue weighted by Gasteiger charge is -2.40. The second kappa shape index (κ2) is 10.5. The van der Waals surface area contributed by atoms with Crippen molar-refractivity contribution in [1.29, 1.82) is 0 Å². The van der Waals surface area contributed by atoms with E-state index in [0.29, 0.717) is 6.61 Å². The summed E-state index contributed by atoms with van der Waals surface area (Å²) >= 11 is 0. The normalized spacial score (nSPS) is 33.3. The molecule has 0 unspecified atom stereocenters. The summed E-state index contributed by atoms with van der Waals surface area (Å²) in [6, 6.07) is -0.799. The predicted molar refractivity (Wildman–Crippen MR) is 79.7 cm³/mol. The lowest BCUT2D eigenvalue weighted by molar-refractivity contribution is -0.265. The lowest BCUT2D eigenvalue weighted by atomic mass is 9.98. The predicted octanol–water partition coefficient (Wildman–Crippen LogP) is 0.520. The Balaban J connectivity index is 2.16. The van der Waals surface area contributed by atoms with Crippen LogP contribution in [0.25, 0.3) is 0 Å². The third-order valence-electron chi connectivity index (χ3n) is 3.96. The van der Waals surface area contributed by atoms with E-state index in [1.807, 2.05) is 0 Å². The van der Waals surface area contributed by atoms with E-state index in [1.165, 1.54) is 32.1 Å². The van der Waals surface area contributed by atoms with Gasteiger partial charge in [0.25, 0.3) is 0 Å². The molecule has 5 atom stereocenters. The molecule has 6 nitrogen and oxygen atoms in total. The molecule has 0 aliphatic carbocycles. The molecule has 21 heavy (non-hydrogen) atoms. The van der Waals surface area contributed by atoms with E-state index >= 15 is 0 Å². The van der Waals surface area contributed by atoms with Crippen molar-refractivity contribution in [1.82, 2.24) is 0 Å². The maximum Gasteiger partial charge on any atom is 0.175 e. The molecule has 1 rings (SSSR count). The summed E-state index contributed by atoms with van der Waals surface area (Å²) in [4.78, 5) is 0. The Bertz CT molecular complexity index is 264. The van der Waals surface area contributed by atoms with Gasteiger partial charge in [-0.3, -0.25) is 0 Å². The Morgan fingerprint density at radius 2 is 1.62 bits per heavy atom. The third-order valence-corrected chi connectivity index (χ3v) is 3.96. The molecule has 0 bridgehead atoms. The SMILES string of the molecule is CCCCCCCCCO[C@@H]1O[C@H](CO)[C@@H](O)[C@H](O)[C@H]1N. The van der Waals surface area contributed by atoms with Crippen LogP contribution >= 0.6 is 0 Å². The van der Waals surface area contributed by atoms with Crippen LogP contribution in [-0.2, 0) is 9.47 Å². The fourth-order valence-electron chi connectivity index (χ4n) is 2.51. The fourth-order valence-corrected chi connectivity index (χ4v) is 2.51. The van der Waals surface area contributed by atoms with Gasteiger partial charge in [0.1, 0.15) is 18.3 Å². The van der Waals surface area contributed by atoms with Gasteiger partial charge in [0.15, 0.2) is 6.29 Å². The Labute approximate surface area is 127 Å². The first-order valence-electron chi connectivity index (χ1n) is 8.11. The van der Waals surface area contributed by atoms with E-state index in [4.69, 9.17) is 20.3 Å². The summed E-state index contributed by atoms with van der Waals surface area (Å²) in [5, 5.41) is 28.6. The number of ether oxygens (including phenoxy) is 2. The topological polar surface area (TPSA) is 105 Å². The summed E-state index contributed by atoms with van der Waals surface area (Å²) in [7, 11) is 0. The molecule has 0 amide bonds. The second-order valence-corrected chi connectivity index (χ2v) is 5.78. The molecule has 0 aromatic carbocycles. The van der Waals surface area contributed by atoms with Crippen molar-refractivity contribution in [3.8, 4) is 0 Å². The minimum Gasteiger partial charge on any atom is -0.394 e. The van der Waals surface area contributed by atoms with Gasteiger partial charge >= 0.3 is 0 Å². The van der Waals surface area contributed by atoms with Crippen molar-refractivity contribution in [2.24, 2.45) is 5.73 Å². The molecule has 1 saturated heterocycles. The number of hydrogen-bond acceptors (Lipinski definition) is 6. The van der Waals surface area contributed by atoms with Crippen LogP contribution in [-0.4, -0.2) is 59.2 Å². The van der Waals surface area contributed by atoms with E-state index in [9.17, 15) is 10.2 Å². The van der Waals surface area contributed by atoms with Crippen LogP contribution in [0.15, 0.2) is 0 Å². The van der Waals surface area contributed by atoms with Gasteiger partial charge in [0, 0.05) is 6.61 Å². The molecule has 1 fully saturated rings. The first-order valence-corrected chi connectivity index (χ1v) is 8.11. The zero-order valence-electron chi connectivity index (χ0n) is 13.0. The average molecular weight is 305 g/mol. The van der Waals surface area contributed by atoms with Crippen molar-refractivity contribution < 1.29 is 24.8 Å². The van der Waals surface area contributed by atoms with Crippen LogP contribution in [0.5, 0.6) is 0 Å². The summed E-state index contributed by atoms with van der Waals surface area (Å²) in [5.74, 6) is 0. The van der Waals surface area contributed by atoms with E-state index in [0.717, 1.165) is 12.8 Å². The summed E-state index contributed by atoms with van der Waals surface area (Å²) < 4.78 is 10.9. The molecule has 0 spiro atoms. The number of nitrogens with two attached hydrogens (primary N) is 1. The molecular weight excluding hydrogens is 274 g/mol. The summed E-state index contributed by atoms with van der Waals surface area (Å²) in [6.07, 6.45) is 4.35. The Morgan fingerprint density at radius 1 is 1.00 bits per heavy atom. The van der Waals surface area contributed by atoms with Crippen LogP contribution in [0.3, 0.4) is 0 Å². The lowest BCUT2D eigenvalue weighted by Crippen LogP contribution is -2.62. The minimum absolute atomic E-state index is 0.373. The molecule has 6 heteroatoms. The number of hydrogen-bond donors (Lipinski definition) is 4. The van der Waals surface area contributed by atoms with Gasteiger partial charge in [-0.15, -0.1) is 0 Å². The second-order valence-electron chi connectivity index (χ2n) is 5.78. The maximum atomic E-state index is 9.80. The van der Waals surface area contributed by atoms with Gasteiger partial charge in [-0.25, -0.2) is 0 Å². The number of rotatable bonds is 10. The molecule has 0 radical (unpaired) electrons. The van der Waals surface area contributed by atoms with Gasteiger partial charge in [-0.1, -0.05) is 45.4 Å². The van der Waals surface area contributed by atoms with Crippen molar-refractivity contribution in [3.05, 3.63) is 0 Å². The first kappa shape index (κ1) is 18.8. The van der Waals surface area contributed by atoms with Crippen LogP contribution in [0.2, 0.25) is 0 Å². The van der Waals surface area contributed by atoms with E-state index in [2.05, 4.69) is 6.92 Å². The van der Waals surface area contributed by atoms with Gasteiger partial charge in [0.05, 0.1) is 12.6 Å². The van der Waals surface area contributed by atoms with E-state index in [-0.39, 0.29) is 6.61 Å². The Hall–Kier alpha value is -0.240. The first-order chi connectivity index (χ1) is 10.1. The summed E-state index contributed by atoms with van der Waals surface area (Å²) in [5.41, 5.74) is 5.78. The average Bonchev–Trinajstić information content (AvgIpc) is 2.49. The standard InChI is InChI=1S/C15H31NO5/c1-2-3-4-5-6-7-8-9-20-15-12(16)14(19)13(18)11(10-17)21-15/h11-15,17-19H,2-10,16H2,1H3/t11-,12-,13-,14-,15-/m1/s1. The molecule has 0 aromatic rings. The molecular formula is C15H31NO5. The van der Waals surface area contributed by atoms with Crippen LogP contribution in [0.1, 0.15) is 51.9 Å². The maximum absolute atomic E-state index is 9.80. The highest BCUT2D eigenvalue weighted by atomic mass is 16.7. The van der Waals surface area contributed by atoms with E-state index in [1.54, 1.807) is 0 Å². The molecule has 1 aliphatic rings. The van der Waals surface area contributed by atoms with Crippen LogP contribution in [0.4, 0.5) is 0 Å². The minimum atomic E-state index is -1.18.